The predicted octanol–water partition coefficient (Wildman–Crippen LogP) is 1.45. The van der Waals surface area contributed by atoms with Gasteiger partial charge in [-0.15, -0.1) is 0 Å². The Labute approximate surface area is 123 Å². The van der Waals surface area contributed by atoms with Crippen molar-refractivity contribution in [3.8, 4) is 0 Å². The van der Waals surface area contributed by atoms with Gasteiger partial charge in [-0.3, -0.25) is 4.79 Å². The third kappa shape index (κ3) is 2.09. The molecule has 2 bridgehead atoms. The maximum Gasteiger partial charge on any atom is 0.250 e. The van der Waals surface area contributed by atoms with Crippen LogP contribution < -0.4 is 16.2 Å². The Kier molecular flexibility index (Phi) is 2.74. The fraction of sp³-hybridized carbons (Fsp3) is 0.375. The fourth-order valence-corrected chi connectivity index (χ4v) is 3.67. The van der Waals surface area contributed by atoms with E-state index in [2.05, 4.69) is 16.0 Å². The normalized spacial score (nSPS) is 23.7. The van der Waals surface area contributed by atoms with Crippen molar-refractivity contribution < 1.29 is 0 Å². The number of hydrogen-bond donors (Lipinski definition) is 1. The molecule has 2 aromatic rings. The summed E-state index contributed by atoms with van der Waals surface area (Å²) in [5.74, 6) is 1.90. The van der Waals surface area contributed by atoms with Crippen LogP contribution in [0.25, 0.3) is 0 Å². The van der Waals surface area contributed by atoms with Gasteiger partial charge < -0.3 is 15.2 Å². The quantitative estimate of drug-likeness (QED) is 0.860. The van der Waals surface area contributed by atoms with E-state index in [0.29, 0.717) is 17.5 Å². The van der Waals surface area contributed by atoms with Gasteiger partial charge in [0.2, 0.25) is 0 Å². The molecule has 4 rings (SSSR count). The zero-order valence-electron chi connectivity index (χ0n) is 11.8. The largest absolute Gasteiger partial charge is 0.397 e. The second-order valence-corrected chi connectivity index (χ2v) is 6.05. The Balaban J connectivity index is 1.68. The zero-order chi connectivity index (χ0) is 14.4. The smallest absolute Gasteiger partial charge is 0.250 e. The second-order valence-electron chi connectivity index (χ2n) is 6.05. The van der Waals surface area contributed by atoms with Crippen LogP contribution in [0.2, 0.25) is 0 Å². The molecule has 0 aromatic carbocycles. The molecule has 5 nitrogen and oxygen atoms in total. The molecule has 1 saturated heterocycles. The lowest BCUT2D eigenvalue weighted by Crippen LogP contribution is -2.47. The van der Waals surface area contributed by atoms with Crippen LogP contribution in [-0.4, -0.2) is 22.6 Å². The maximum atomic E-state index is 12.0. The number of nitrogens with two attached hydrogens (primary N) is 1. The lowest BCUT2D eigenvalue weighted by molar-refractivity contribution is 0.280. The maximum absolute atomic E-state index is 12.0. The molecule has 108 valence electrons. The first-order valence-corrected chi connectivity index (χ1v) is 7.37. The molecule has 21 heavy (non-hydrogen) atoms. The number of nitrogen functional groups attached to an aromatic ring is 1. The van der Waals surface area contributed by atoms with Crippen molar-refractivity contribution in [1.82, 2.24) is 9.55 Å². The molecule has 1 fully saturated rings. The van der Waals surface area contributed by atoms with Crippen molar-refractivity contribution in [2.24, 2.45) is 5.92 Å². The van der Waals surface area contributed by atoms with Gasteiger partial charge in [0.25, 0.3) is 5.56 Å². The van der Waals surface area contributed by atoms with Gasteiger partial charge in [-0.25, -0.2) is 4.98 Å². The number of hydrogen-bond acceptors (Lipinski definition) is 4. The minimum atomic E-state index is 0.126. The molecule has 0 aliphatic carbocycles. The van der Waals surface area contributed by atoms with E-state index >= 15 is 0 Å². The Hall–Kier alpha value is -2.30. The molecule has 0 saturated carbocycles. The van der Waals surface area contributed by atoms with E-state index < -0.39 is 0 Å². The minimum absolute atomic E-state index is 0.126. The number of fused-ring (bicyclic) bond motifs is 4. The van der Waals surface area contributed by atoms with E-state index in [1.807, 2.05) is 22.8 Å². The van der Waals surface area contributed by atoms with Crippen LogP contribution in [0.1, 0.15) is 18.0 Å². The molecule has 0 radical (unpaired) electrons. The highest BCUT2D eigenvalue weighted by Crippen LogP contribution is 2.36. The summed E-state index contributed by atoms with van der Waals surface area (Å²) in [5, 5.41) is 0. The monoisotopic (exact) mass is 282 g/mol. The van der Waals surface area contributed by atoms with Crippen LogP contribution in [0.15, 0.2) is 41.3 Å². The van der Waals surface area contributed by atoms with Crippen molar-refractivity contribution >= 4 is 11.5 Å². The van der Waals surface area contributed by atoms with Gasteiger partial charge in [0, 0.05) is 37.3 Å². The molecular formula is C16H18N4O. The summed E-state index contributed by atoms with van der Waals surface area (Å²) in [7, 11) is 0. The number of piperidine rings is 1. The average molecular weight is 282 g/mol. The highest BCUT2D eigenvalue weighted by molar-refractivity contribution is 5.46. The van der Waals surface area contributed by atoms with E-state index in [1.54, 1.807) is 12.3 Å². The zero-order valence-corrected chi connectivity index (χ0v) is 11.8. The van der Waals surface area contributed by atoms with Gasteiger partial charge in [-0.05, 0) is 30.5 Å². The van der Waals surface area contributed by atoms with Crippen molar-refractivity contribution in [3.63, 3.8) is 0 Å². The van der Waals surface area contributed by atoms with Gasteiger partial charge in [0.1, 0.15) is 5.82 Å². The molecule has 0 spiro atoms. The number of anilines is 2. The summed E-state index contributed by atoms with van der Waals surface area (Å²) in [6.07, 6.45) is 2.87. The Bertz CT molecular complexity index is 722. The molecule has 4 heterocycles. The summed E-state index contributed by atoms with van der Waals surface area (Å²) >= 11 is 0. The van der Waals surface area contributed by atoms with Crippen molar-refractivity contribution in [1.29, 1.82) is 0 Å². The third-order valence-electron chi connectivity index (χ3n) is 4.57. The third-order valence-corrected chi connectivity index (χ3v) is 4.57. The van der Waals surface area contributed by atoms with Crippen LogP contribution in [0, 0.1) is 5.92 Å². The molecule has 2 N–H and O–H groups in total. The van der Waals surface area contributed by atoms with E-state index in [4.69, 9.17) is 5.73 Å². The van der Waals surface area contributed by atoms with Gasteiger partial charge >= 0.3 is 0 Å². The lowest BCUT2D eigenvalue weighted by Gasteiger charge is -2.43. The van der Waals surface area contributed by atoms with Gasteiger partial charge in [0.05, 0.1) is 11.9 Å². The molecule has 2 aliphatic rings. The first-order chi connectivity index (χ1) is 10.2. The van der Waals surface area contributed by atoms with Gasteiger partial charge in [-0.2, -0.15) is 0 Å². The average Bonchev–Trinajstić information content (AvgIpc) is 2.49. The number of rotatable bonds is 1. The van der Waals surface area contributed by atoms with Gasteiger partial charge in [-0.1, -0.05) is 6.07 Å². The molecule has 5 heteroatoms. The standard InChI is InChI=1S/C16H18N4O/c17-13-4-5-15(18-7-13)19-8-11-6-12(10-19)14-2-1-3-16(21)20(14)9-11/h1-5,7,11-12H,6,8-10,17H2. The topological polar surface area (TPSA) is 64.2 Å². The highest BCUT2D eigenvalue weighted by Gasteiger charge is 2.34. The van der Waals surface area contributed by atoms with Crippen LogP contribution in [-0.2, 0) is 6.54 Å². The number of aromatic nitrogens is 2. The summed E-state index contributed by atoms with van der Waals surface area (Å²) < 4.78 is 1.95. The Morgan fingerprint density at radius 1 is 1.14 bits per heavy atom. The predicted molar refractivity (Wildman–Crippen MR) is 82.4 cm³/mol. The molecule has 2 atom stereocenters. The molecule has 2 aliphatic heterocycles. The SMILES string of the molecule is Nc1ccc(N2CC3CC(C2)c2cccc(=O)n2C3)nc1. The summed E-state index contributed by atoms with van der Waals surface area (Å²) in [5.41, 5.74) is 7.69. The summed E-state index contributed by atoms with van der Waals surface area (Å²) in [6, 6.07) is 9.49. The van der Waals surface area contributed by atoms with E-state index in [0.717, 1.165) is 31.9 Å². The highest BCUT2D eigenvalue weighted by atomic mass is 16.1. The fourth-order valence-electron chi connectivity index (χ4n) is 3.67. The minimum Gasteiger partial charge on any atom is -0.397 e. The first-order valence-electron chi connectivity index (χ1n) is 7.37. The van der Waals surface area contributed by atoms with E-state index in [9.17, 15) is 4.79 Å². The van der Waals surface area contributed by atoms with Crippen LogP contribution >= 0.6 is 0 Å². The molecule has 2 aromatic heterocycles. The lowest BCUT2D eigenvalue weighted by atomic mass is 9.83. The summed E-state index contributed by atoms with van der Waals surface area (Å²) in [6.45, 7) is 2.68. The van der Waals surface area contributed by atoms with Crippen LogP contribution in [0.5, 0.6) is 0 Å². The van der Waals surface area contributed by atoms with Crippen LogP contribution in [0.3, 0.4) is 0 Å². The van der Waals surface area contributed by atoms with Crippen molar-refractivity contribution in [2.45, 2.75) is 18.9 Å². The second kappa shape index (κ2) is 4.62. The van der Waals surface area contributed by atoms with E-state index in [1.165, 1.54) is 5.69 Å². The number of pyridine rings is 2. The molecule has 2 unspecified atom stereocenters. The van der Waals surface area contributed by atoms with Crippen LogP contribution in [0.4, 0.5) is 11.5 Å². The number of nitrogens with zero attached hydrogens (tertiary/aromatic N) is 3. The Morgan fingerprint density at radius 2 is 2.05 bits per heavy atom. The molecular weight excluding hydrogens is 264 g/mol. The van der Waals surface area contributed by atoms with Gasteiger partial charge in [0.15, 0.2) is 0 Å². The Morgan fingerprint density at radius 3 is 2.86 bits per heavy atom. The van der Waals surface area contributed by atoms with Crippen molar-refractivity contribution in [2.75, 3.05) is 23.7 Å². The summed E-state index contributed by atoms with van der Waals surface area (Å²) in [4.78, 5) is 18.8. The van der Waals surface area contributed by atoms with Crippen molar-refractivity contribution in [3.05, 3.63) is 52.6 Å². The molecule has 0 amide bonds. The first kappa shape index (κ1) is 12.4. The van der Waals surface area contributed by atoms with E-state index in [-0.39, 0.29) is 5.56 Å².